The highest BCUT2D eigenvalue weighted by Gasteiger charge is 2.26. The zero-order valence-electron chi connectivity index (χ0n) is 14.5. The molecule has 140 valence electrons. The molecule has 1 aromatic carbocycles. The van der Waals surface area contributed by atoms with Crippen LogP contribution in [-0.2, 0) is 19.6 Å². The minimum Gasteiger partial charge on any atom is -0.480 e. The van der Waals surface area contributed by atoms with E-state index in [1.807, 2.05) is 0 Å². The molecule has 25 heavy (non-hydrogen) atoms. The van der Waals surface area contributed by atoms with Crippen molar-refractivity contribution in [3.8, 4) is 0 Å². The normalized spacial score (nSPS) is 12.8. The highest BCUT2D eigenvalue weighted by Crippen LogP contribution is 2.14. The van der Waals surface area contributed by atoms with Gasteiger partial charge in [0.1, 0.15) is 6.04 Å². The molecular weight excluding hydrogens is 348 g/mol. The molecule has 0 aliphatic rings. The number of ether oxygens (including phenoxy) is 1. The van der Waals surface area contributed by atoms with Crippen LogP contribution < -0.4 is 10.0 Å². The van der Waals surface area contributed by atoms with Crippen LogP contribution in [0.15, 0.2) is 29.2 Å². The van der Waals surface area contributed by atoms with Crippen molar-refractivity contribution in [1.82, 2.24) is 10.0 Å². The first kappa shape index (κ1) is 21.1. The summed E-state index contributed by atoms with van der Waals surface area (Å²) in [7, 11) is -2.57. The first-order valence-corrected chi connectivity index (χ1v) is 9.28. The van der Waals surface area contributed by atoms with Crippen LogP contribution in [0.25, 0.3) is 0 Å². The van der Waals surface area contributed by atoms with Gasteiger partial charge in [-0.3, -0.25) is 9.59 Å². The van der Waals surface area contributed by atoms with Gasteiger partial charge in [-0.2, -0.15) is 4.72 Å². The molecule has 0 spiro atoms. The van der Waals surface area contributed by atoms with Crippen molar-refractivity contribution in [2.75, 3.05) is 20.3 Å². The number of nitrogens with one attached hydrogen (secondary N) is 2. The van der Waals surface area contributed by atoms with Crippen LogP contribution in [0.4, 0.5) is 0 Å². The molecule has 0 radical (unpaired) electrons. The van der Waals surface area contributed by atoms with E-state index in [1.165, 1.54) is 31.4 Å². The van der Waals surface area contributed by atoms with Crippen LogP contribution in [0, 0.1) is 5.92 Å². The fourth-order valence-electron chi connectivity index (χ4n) is 2.10. The number of aliphatic carboxylic acids is 1. The Morgan fingerprint density at radius 3 is 2.52 bits per heavy atom. The van der Waals surface area contributed by atoms with Gasteiger partial charge in [0.25, 0.3) is 5.91 Å². The van der Waals surface area contributed by atoms with Crippen LogP contribution >= 0.6 is 0 Å². The summed E-state index contributed by atoms with van der Waals surface area (Å²) in [6.45, 7) is 4.23. The summed E-state index contributed by atoms with van der Waals surface area (Å²) in [6.07, 6.45) is 0.158. The number of carbonyl (C=O) groups excluding carboxylic acids is 1. The zero-order chi connectivity index (χ0) is 19.0. The van der Waals surface area contributed by atoms with Crippen molar-refractivity contribution in [3.05, 3.63) is 29.8 Å². The predicted molar refractivity (Wildman–Crippen MR) is 91.9 cm³/mol. The Labute approximate surface area is 147 Å². The highest BCUT2D eigenvalue weighted by molar-refractivity contribution is 7.89. The van der Waals surface area contributed by atoms with Crippen molar-refractivity contribution in [3.63, 3.8) is 0 Å². The topological polar surface area (TPSA) is 122 Å². The molecule has 0 bridgehead atoms. The lowest BCUT2D eigenvalue weighted by atomic mass is 10.1. The van der Waals surface area contributed by atoms with Gasteiger partial charge in [-0.15, -0.1) is 0 Å². The minimum absolute atomic E-state index is 0.00157. The third kappa shape index (κ3) is 6.81. The van der Waals surface area contributed by atoms with Crippen LogP contribution in [0.2, 0.25) is 0 Å². The second-order valence-electron chi connectivity index (χ2n) is 5.92. The number of methoxy groups -OCH3 is 1. The quantitative estimate of drug-likeness (QED) is 0.523. The zero-order valence-corrected chi connectivity index (χ0v) is 15.3. The van der Waals surface area contributed by atoms with E-state index in [0.717, 1.165) is 0 Å². The van der Waals surface area contributed by atoms with E-state index in [9.17, 15) is 23.1 Å². The van der Waals surface area contributed by atoms with E-state index >= 15 is 0 Å². The summed E-state index contributed by atoms with van der Waals surface area (Å²) < 4.78 is 31.9. The largest absolute Gasteiger partial charge is 0.480 e. The maximum Gasteiger partial charge on any atom is 0.321 e. The van der Waals surface area contributed by atoms with E-state index in [1.54, 1.807) is 13.8 Å². The Kier molecular flexibility index (Phi) is 8.01. The molecule has 1 atom stereocenters. The first-order chi connectivity index (χ1) is 11.7. The van der Waals surface area contributed by atoms with Crippen LogP contribution in [0.1, 0.15) is 30.6 Å². The fraction of sp³-hybridized carbons (Fsp3) is 0.500. The highest BCUT2D eigenvalue weighted by atomic mass is 32.2. The van der Waals surface area contributed by atoms with Gasteiger partial charge in [0.05, 0.1) is 11.5 Å². The standard InChI is InChI=1S/C16H24N2O6S/c1-11(2)9-14(16(20)21)18-25(22,23)13-6-4-5-12(10-13)15(19)17-7-8-24-3/h4-6,10-11,14,18H,7-9H2,1-3H3,(H,17,19)(H,20,21)/t14-/m1/s1. The smallest absolute Gasteiger partial charge is 0.321 e. The van der Waals surface area contributed by atoms with Crippen molar-refractivity contribution >= 4 is 21.9 Å². The number of amides is 1. The number of carboxylic acid groups (broad SMARTS) is 1. The molecule has 1 amide bonds. The predicted octanol–water partition coefficient (Wildman–Crippen LogP) is 0.840. The second-order valence-corrected chi connectivity index (χ2v) is 7.63. The van der Waals surface area contributed by atoms with Gasteiger partial charge in [0.2, 0.25) is 10.0 Å². The van der Waals surface area contributed by atoms with Gasteiger partial charge in [0, 0.05) is 19.2 Å². The number of hydrogen-bond acceptors (Lipinski definition) is 5. The number of carbonyl (C=O) groups is 2. The molecule has 1 rings (SSSR count). The number of carboxylic acids is 1. The van der Waals surface area contributed by atoms with Gasteiger partial charge in [-0.05, 0) is 30.5 Å². The monoisotopic (exact) mass is 372 g/mol. The molecule has 0 aliphatic carbocycles. The number of benzene rings is 1. The third-order valence-corrected chi connectivity index (χ3v) is 4.77. The molecule has 0 heterocycles. The van der Waals surface area contributed by atoms with Crippen molar-refractivity contribution in [2.45, 2.75) is 31.2 Å². The van der Waals surface area contributed by atoms with E-state index in [2.05, 4.69) is 10.0 Å². The summed E-state index contributed by atoms with van der Waals surface area (Å²) in [4.78, 5) is 23.1. The second kappa shape index (κ2) is 9.50. The molecule has 0 unspecified atom stereocenters. The lowest BCUT2D eigenvalue weighted by Gasteiger charge is -2.17. The van der Waals surface area contributed by atoms with E-state index < -0.39 is 27.9 Å². The van der Waals surface area contributed by atoms with Crippen LogP contribution in [0.3, 0.4) is 0 Å². The number of hydrogen-bond donors (Lipinski definition) is 3. The van der Waals surface area contributed by atoms with E-state index in [0.29, 0.717) is 13.2 Å². The molecule has 0 fully saturated rings. The molecule has 1 aromatic rings. The van der Waals surface area contributed by atoms with Crippen molar-refractivity contribution in [1.29, 1.82) is 0 Å². The average Bonchev–Trinajstić information content (AvgIpc) is 2.53. The van der Waals surface area contributed by atoms with Crippen molar-refractivity contribution in [2.24, 2.45) is 5.92 Å². The van der Waals surface area contributed by atoms with Gasteiger partial charge in [0.15, 0.2) is 0 Å². The van der Waals surface area contributed by atoms with E-state index in [-0.39, 0.29) is 22.8 Å². The van der Waals surface area contributed by atoms with Gasteiger partial charge in [-0.1, -0.05) is 19.9 Å². The Morgan fingerprint density at radius 2 is 1.96 bits per heavy atom. The lowest BCUT2D eigenvalue weighted by molar-refractivity contribution is -0.139. The minimum atomic E-state index is -4.07. The Balaban J connectivity index is 2.96. The number of rotatable bonds is 10. The summed E-state index contributed by atoms with van der Waals surface area (Å²) in [5.74, 6) is -1.68. The summed E-state index contributed by atoms with van der Waals surface area (Å²) in [5, 5.41) is 11.8. The van der Waals surface area contributed by atoms with Crippen LogP contribution in [0.5, 0.6) is 0 Å². The van der Waals surface area contributed by atoms with Crippen molar-refractivity contribution < 1.29 is 27.9 Å². The Morgan fingerprint density at radius 1 is 1.28 bits per heavy atom. The lowest BCUT2D eigenvalue weighted by Crippen LogP contribution is -2.41. The molecule has 0 aliphatic heterocycles. The average molecular weight is 372 g/mol. The van der Waals surface area contributed by atoms with E-state index in [4.69, 9.17) is 4.74 Å². The molecule has 3 N–H and O–H groups in total. The maximum absolute atomic E-state index is 12.4. The van der Waals surface area contributed by atoms with Crippen LogP contribution in [-0.4, -0.2) is 51.7 Å². The third-order valence-electron chi connectivity index (χ3n) is 3.30. The molecular formula is C16H24N2O6S. The Hall–Kier alpha value is -1.97. The molecule has 0 saturated carbocycles. The summed E-state index contributed by atoms with van der Waals surface area (Å²) in [6, 6.07) is 4.19. The maximum atomic E-state index is 12.4. The SMILES string of the molecule is COCCNC(=O)c1cccc(S(=O)(=O)N[C@H](CC(C)C)C(=O)O)c1. The summed E-state index contributed by atoms with van der Waals surface area (Å²) >= 11 is 0. The summed E-state index contributed by atoms with van der Waals surface area (Å²) in [5.41, 5.74) is 0.162. The first-order valence-electron chi connectivity index (χ1n) is 7.79. The van der Waals surface area contributed by atoms with Gasteiger partial charge >= 0.3 is 5.97 Å². The fourth-order valence-corrected chi connectivity index (χ4v) is 3.35. The number of sulfonamides is 1. The molecule has 8 nitrogen and oxygen atoms in total. The molecule has 0 saturated heterocycles. The van der Waals surface area contributed by atoms with Gasteiger partial charge in [-0.25, -0.2) is 8.42 Å². The van der Waals surface area contributed by atoms with Gasteiger partial charge < -0.3 is 15.2 Å². The molecule has 9 heteroatoms. The molecule has 0 aromatic heterocycles. The Bertz CT molecular complexity index is 702.